The summed E-state index contributed by atoms with van der Waals surface area (Å²) in [5.41, 5.74) is 5.75. The average Bonchev–Trinajstić information content (AvgIpc) is 2.78. The van der Waals surface area contributed by atoms with Crippen LogP contribution in [0.1, 0.15) is 58.8 Å². The van der Waals surface area contributed by atoms with E-state index in [-0.39, 0.29) is 17.7 Å². The summed E-state index contributed by atoms with van der Waals surface area (Å²) in [6.07, 6.45) is 4.63. The minimum absolute atomic E-state index is 0.0510. The van der Waals surface area contributed by atoms with Gasteiger partial charge in [0, 0.05) is 31.0 Å². The van der Waals surface area contributed by atoms with Crippen LogP contribution in [-0.4, -0.2) is 16.8 Å². The molecule has 3 aromatic rings. The monoisotopic (exact) mass is 415 g/mol. The quantitative estimate of drug-likeness (QED) is 0.543. The van der Waals surface area contributed by atoms with Crippen molar-refractivity contribution >= 4 is 17.5 Å². The van der Waals surface area contributed by atoms with Crippen molar-refractivity contribution in [1.29, 1.82) is 0 Å². The molecule has 0 radical (unpaired) electrons. The van der Waals surface area contributed by atoms with E-state index >= 15 is 0 Å². The highest BCUT2D eigenvalue weighted by Gasteiger charge is 2.12. The van der Waals surface area contributed by atoms with Gasteiger partial charge in [-0.3, -0.25) is 14.6 Å². The lowest BCUT2D eigenvalue weighted by molar-refractivity contribution is -0.120. The first kappa shape index (κ1) is 22.2. The number of aromatic nitrogens is 1. The number of rotatable bonds is 8. The smallest absolute Gasteiger partial charge is 0.257 e. The van der Waals surface area contributed by atoms with E-state index in [9.17, 15) is 9.59 Å². The Morgan fingerprint density at radius 3 is 2.52 bits per heavy atom. The van der Waals surface area contributed by atoms with Gasteiger partial charge in [0.25, 0.3) is 5.91 Å². The SMILES string of the molecule is CCC(=O)NCc1ccccc1C[C@@H](C)c1cccc(NC(=O)c2cncc(C)c2)c1. The molecule has 1 atom stereocenters. The summed E-state index contributed by atoms with van der Waals surface area (Å²) in [5, 5.41) is 5.93. The summed E-state index contributed by atoms with van der Waals surface area (Å²) >= 11 is 0. The molecule has 5 heteroatoms. The standard InChI is InChI=1S/C26H29N3O2/c1-4-25(30)28-17-22-9-6-5-8-21(22)13-19(3)20-10-7-11-24(14-20)29-26(31)23-12-18(2)15-27-16-23/h5-12,14-16,19H,4,13,17H2,1-3H3,(H,28,30)(H,29,31)/t19-/m1/s1. The number of nitrogens with zero attached hydrogens (tertiary/aromatic N) is 1. The van der Waals surface area contributed by atoms with Gasteiger partial charge in [-0.1, -0.05) is 50.2 Å². The fourth-order valence-electron chi connectivity index (χ4n) is 3.50. The van der Waals surface area contributed by atoms with Crippen LogP contribution in [0.4, 0.5) is 5.69 Å². The summed E-state index contributed by atoms with van der Waals surface area (Å²) in [7, 11) is 0. The van der Waals surface area contributed by atoms with Gasteiger partial charge in [-0.2, -0.15) is 0 Å². The number of anilines is 1. The van der Waals surface area contributed by atoms with Crippen molar-refractivity contribution in [2.45, 2.75) is 46.1 Å². The predicted octanol–water partition coefficient (Wildman–Crippen LogP) is 5.01. The van der Waals surface area contributed by atoms with Gasteiger partial charge in [-0.15, -0.1) is 0 Å². The van der Waals surface area contributed by atoms with Crippen molar-refractivity contribution in [1.82, 2.24) is 10.3 Å². The van der Waals surface area contributed by atoms with E-state index in [2.05, 4.69) is 40.7 Å². The van der Waals surface area contributed by atoms with Gasteiger partial charge in [0.05, 0.1) is 5.56 Å². The summed E-state index contributed by atoms with van der Waals surface area (Å²) in [6, 6.07) is 18.0. The van der Waals surface area contributed by atoms with Crippen LogP contribution < -0.4 is 10.6 Å². The lowest BCUT2D eigenvalue weighted by Gasteiger charge is -2.17. The second-order valence-electron chi connectivity index (χ2n) is 7.83. The molecule has 0 fully saturated rings. The Bertz CT molecular complexity index is 1060. The van der Waals surface area contributed by atoms with Crippen LogP contribution in [0.15, 0.2) is 67.0 Å². The fourth-order valence-corrected chi connectivity index (χ4v) is 3.50. The van der Waals surface area contributed by atoms with Gasteiger partial charge in [0.2, 0.25) is 5.91 Å². The Balaban J connectivity index is 1.70. The van der Waals surface area contributed by atoms with E-state index in [4.69, 9.17) is 0 Å². The molecular weight excluding hydrogens is 386 g/mol. The van der Waals surface area contributed by atoms with Crippen LogP contribution in [0.25, 0.3) is 0 Å². The number of nitrogens with one attached hydrogen (secondary N) is 2. The molecule has 0 spiro atoms. The molecule has 0 aliphatic rings. The van der Waals surface area contributed by atoms with Gasteiger partial charge in [-0.25, -0.2) is 0 Å². The Hall–Kier alpha value is -3.47. The lowest BCUT2D eigenvalue weighted by Crippen LogP contribution is -2.22. The van der Waals surface area contributed by atoms with Crippen LogP contribution in [0, 0.1) is 6.92 Å². The van der Waals surface area contributed by atoms with Gasteiger partial charge in [0.1, 0.15) is 0 Å². The largest absolute Gasteiger partial charge is 0.352 e. The molecule has 0 saturated carbocycles. The minimum atomic E-state index is -0.169. The molecule has 31 heavy (non-hydrogen) atoms. The average molecular weight is 416 g/mol. The van der Waals surface area contributed by atoms with Crippen LogP contribution in [-0.2, 0) is 17.8 Å². The molecule has 0 aliphatic heterocycles. The van der Waals surface area contributed by atoms with Crippen LogP contribution in [0.3, 0.4) is 0 Å². The van der Waals surface area contributed by atoms with Crippen molar-refractivity contribution in [3.05, 3.63) is 94.8 Å². The third-order valence-corrected chi connectivity index (χ3v) is 5.29. The number of amides is 2. The maximum atomic E-state index is 12.5. The molecule has 1 aromatic heterocycles. The Morgan fingerprint density at radius 1 is 1.00 bits per heavy atom. The maximum absolute atomic E-state index is 12.5. The summed E-state index contributed by atoms with van der Waals surface area (Å²) < 4.78 is 0. The Kier molecular flexibility index (Phi) is 7.55. The normalized spacial score (nSPS) is 11.6. The third-order valence-electron chi connectivity index (χ3n) is 5.29. The third kappa shape index (κ3) is 6.25. The molecule has 0 unspecified atom stereocenters. The molecular formula is C26H29N3O2. The number of aryl methyl sites for hydroxylation is 1. The van der Waals surface area contributed by atoms with Crippen LogP contribution in [0.2, 0.25) is 0 Å². The molecule has 0 bridgehead atoms. The molecule has 2 N–H and O–H groups in total. The summed E-state index contributed by atoms with van der Waals surface area (Å²) in [6.45, 7) is 6.48. The summed E-state index contributed by atoms with van der Waals surface area (Å²) in [5.74, 6) is 0.133. The molecule has 0 aliphatic carbocycles. The topological polar surface area (TPSA) is 71.1 Å². The van der Waals surface area contributed by atoms with Crippen molar-refractivity contribution in [2.75, 3.05) is 5.32 Å². The zero-order chi connectivity index (χ0) is 22.2. The second kappa shape index (κ2) is 10.5. The molecule has 160 valence electrons. The maximum Gasteiger partial charge on any atom is 0.257 e. The van der Waals surface area contributed by atoms with Gasteiger partial charge >= 0.3 is 0 Å². The first-order valence-corrected chi connectivity index (χ1v) is 10.6. The van der Waals surface area contributed by atoms with Gasteiger partial charge in [-0.05, 0) is 59.7 Å². The Morgan fingerprint density at radius 2 is 1.77 bits per heavy atom. The van der Waals surface area contributed by atoms with Crippen LogP contribution in [0.5, 0.6) is 0 Å². The molecule has 3 rings (SSSR count). The number of benzene rings is 2. The van der Waals surface area contributed by atoms with Crippen molar-refractivity contribution in [2.24, 2.45) is 0 Å². The summed E-state index contributed by atoms with van der Waals surface area (Å²) in [4.78, 5) is 28.3. The van der Waals surface area contributed by atoms with E-state index in [1.807, 2.05) is 50.2 Å². The van der Waals surface area contributed by atoms with E-state index in [0.29, 0.717) is 18.5 Å². The molecule has 0 saturated heterocycles. The number of pyridine rings is 1. The molecule has 2 amide bonds. The fraction of sp³-hybridized carbons (Fsp3) is 0.269. The highest BCUT2D eigenvalue weighted by atomic mass is 16.2. The molecule has 1 heterocycles. The number of carbonyl (C=O) groups is 2. The van der Waals surface area contributed by atoms with E-state index in [0.717, 1.165) is 28.8 Å². The van der Waals surface area contributed by atoms with E-state index in [1.54, 1.807) is 12.4 Å². The minimum Gasteiger partial charge on any atom is -0.352 e. The number of hydrogen-bond acceptors (Lipinski definition) is 3. The Labute approximate surface area is 183 Å². The zero-order valence-corrected chi connectivity index (χ0v) is 18.3. The highest BCUT2D eigenvalue weighted by molar-refractivity contribution is 6.04. The number of carbonyl (C=O) groups excluding carboxylic acids is 2. The molecule has 2 aromatic carbocycles. The molecule has 5 nitrogen and oxygen atoms in total. The van der Waals surface area contributed by atoms with Crippen molar-refractivity contribution in [3.63, 3.8) is 0 Å². The van der Waals surface area contributed by atoms with Crippen molar-refractivity contribution in [3.8, 4) is 0 Å². The number of hydrogen-bond donors (Lipinski definition) is 2. The zero-order valence-electron chi connectivity index (χ0n) is 18.3. The first-order valence-electron chi connectivity index (χ1n) is 10.6. The predicted molar refractivity (Wildman–Crippen MR) is 124 cm³/mol. The van der Waals surface area contributed by atoms with E-state index in [1.165, 1.54) is 5.56 Å². The van der Waals surface area contributed by atoms with Crippen LogP contribution >= 0.6 is 0 Å². The van der Waals surface area contributed by atoms with Crippen molar-refractivity contribution < 1.29 is 9.59 Å². The lowest BCUT2D eigenvalue weighted by atomic mass is 9.91. The highest BCUT2D eigenvalue weighted by Crippen LogP contribution is 2.25. The van der Waals surface area contributed by atoms with E-state index < -0.39 is 0 Å². The first-order chi connectivity index (χ1) is 15.0. The van der Waals surface area contributed by atoms with Gasteiger partial charge in [0.15, 0.2) is 0 Å². The van der Waals surface area contributed by atoms with Gasteiger partial charge < -0.3 is 10.6 Å². The second-order valence-corrected chi connectivity index (χ2v) is 7.83.